The molecule has 0 aliphatic carbocycles. The molecule has 2 aromatic heterocycles. The number of hydrazine groups is 1. The van der Waals surface area contributed by atoms with Crippen molar-refractivity contribution in [1.82, 2.24) is 19.7 Å². The van der Waals surface area contributed by atoms with E-state index in [2.05, 4.69) is 20.5 Å². The molecule has 0 bridgehead atoms. The molecule has 1 aromatic carbocycles. The topological polar surface area (TPSA) is 108 Å². The lowest BCUT2D eigenvalue weighted by Gasteiger charge is -2.06. The second-order valence-electron chi connectivity index (χ2n) is 3.73. The first-order valence-corrected chi connectivity index (χ1v) is 5.32. The second-order valence-corrected chi connectivity index (χ2v) is 3.73. The number of rotatable bonds is 2. The summed E-state index contributed by atoms with van der Waals surface area (Å²) >= 11 is 0. The predicted molar refractivity (Wildman–Crippen MR) is 68.9 cm³/mol. The summed E-state index contributed by atoms with van der Waals surface area (Å²) in [5.74, 6) is 6.48. The van der Waals surface area contributed by atoms with E-state index >= 15 is 0 Å². The van der Waals surface area contributed by atoms with Crippen LogP contribution in [0.5, 0.6) is 0 Å². The molecule has 0 spiro atoms. The lowest BCUT2D eigenvalue weighted by atomic mass is 10.2. The van der Waals surface area contributed by atoms with Gasteiger partial charge in [-0.3, -0.25) is 0 Å². The van der Waals surface area contributed by atoms with Crippen molar-refractivity contribution in [3.8, 4) is 5.82 Å². The number of anilines is 2. The van der Waals surface area contributed by atoms with Crippen LogP contribution in [0.15, 0.2) is 36.5 Å². The van der Waals surface area contributed by atoms with Gasteiger partial charge >= 0.3 is 0 Å². The Balaban J connectivity index is 2.22. The molecule has 0 aliphatic heterocycles. The molecule has 0 saturated carbocycles. The molecule has 0 fully saturated rings. The van der Waals surface area contributed by atoms with Gasteiger partial charge in [0.05, 0.1) is 11.7 Å². The van der Waals surface area contributed by atoms with E-state index in [0.29, 0.717) is 11.6 Å². The van der Waals surface area contributed by atoms with Crippen LogP contribution in [0.2, 0.25) is 0 Å². The average Bonchev–Trinajstić information content (AvgIpc) is 2.81. The van der Waals surface area contributed by atoms with Crippen LogP contribution < -0.4 is 17.0 Å². The quantitative estimate of drug-likeness (QED) is 0.450. The number of para-hydroxylation sites is 1. The van der Waals surface area contributed by atoms with Crippen LogP contribution in [-0.4, -0.2) is 19.7 Å². The highest BCUT2D eigenvalue weighted by molar-refractivity contribution is 5.79. The molecule has 0 atom stereocenters. The first kappa shape index (κ1) is 10.5. The molecule has 0 saturated heterocycles. The monoisotopic (exact) mass is 241 g/mol. The van der Waals surface area contributed by atoms with Crippen LogP contribution in [0.4, 0.5) is 11.8 Å². The fourth-order valence-electron chi connectivity index (χ4n) is 1.79. The van der Waals surface area contributed by atoms with Gasteiger partial charge in [0.2, 0.25) is 5.95 Å². The lowest BCUT2D eigenvalue weighted by molar-refractivity contribution is 0.869. The summed E-state index contributed by atoms with van der Waals surface area (Å²) in [6, 6.07) is 9.50. The van der Waals surface area contributed by atoms with Gasteiger partial charge in [0.15, 0.2) is 5.82 Å². The van der Waals surface area contributed by atoms with Crippen molar-refractivity contribution >= 4 is 22.7 Å². The zero-order valence-electron chi connectivity index (χ0n) is 9.41. The number of aromatic nitrogens is 4. The SMILES string of the molecule is NNc1cc(-n2ncc3ccccc32)nc(N)n1. The number of hydrogen-bond acceptors (Lipinski definition) is 6. The highest BCUT2D eigenvalue weighted by Gasteiger charge is 2.08. The summed E-state index contributed by atoms with van der Waals surface area (Å²) in [7, 11) is 0. The number of nitrogens with two attached hydrogens (primary N) is 2. The third kappa shape index (κ3) is 1.62. The van der Waals surface area contributed by atoms with Crippen LogP contribution in [0.1, 0.15) is 0 Å². The molecule has 2 heterocycles. The molecular weight excluding hydrogens is 230 g/mol. The van der Waals surface area contributed by atoms with E-state index < -0.39 is 0 Å². The minimum absolute atomic E-state index is 0.139. The molecule has 3 rings (SSSR count). The zero-order valence-corrected chi connectivity index (χ0v) is 9.41. The Morgan fingerprint density at radius 2 is 2.00 bits per heavy atom. The van der Waals surface area contributed by atoms with Crippen LogP contribution in [0.3, 0.4) is 0 Å². The maximum Gasteiger partial charge on any atom is 0.224 e. The van der Waals surface area contributed by atoms with Crippen LogP contribution >= 0.6 is 0 Å². The number of hydrogen-bond donors (Lipinski definition) is 3. The van der Waals surface area contributed by atoms with E-state index in [4.69, 9.17) is 11.6 Å². The Morgan fingerprint density at radius 1 is 1.17 bits per heavy atom. The number of nitrogens with one attached hydrogen (secondary N) is 1. The largest absolute Gasteiger partial charge is 0.368 e. The predicted octanol–water partition coefficient (Wildman–Crippen LogP) is 0.683. The van der Waals surface area contributed by atoms with Gasteiger partial charge in [-0.05, 0) is 6.07 Å². The van der Waals surface area contributed by atoms with E-state index in [0.717, 1.165) is 10.9 Å². The summed E-state index contributed by atoms with van der Waals surface area (Å²) < 4.78 is 1.69. The minimum atomic E-state index is 0.139. The average molecular weight is 241 g/mol. The fourth-order valence-corrected chi connectivity index (χ4v) is 1.79. The maximum atomic E-state index is 5.63. The summed E-state index contributed by atoms with van der Waals surface area (Å²) in [6.45, 7) is 0. The molecule has 7 heteroatoms. The smallest absolute Gasteiger partial charge is 0.224 e. The van der Waals surface area contributed by atoms with Crippen LogP contribution in [0.25, 0.3) is 16.7 Å². The van der Waals surface area contributed by atoms with Crippen LogP contribution in [-0.2, 0) is 0 Å². The molecule has 7 nitrogen and oxygen atoms in total. The van der Waals surface area contributed by atoms with E-state index in [-0.39, 0.29) is 5.95 Å². The van der Waals surface area contributed by atoms with Crippen molar-refractivity contribution < 1.29 is 0 Å². The molecule has 0 radical (unpaired) electrons. The van der Waals surface area contributed by atoms with Crippen molar-refractivity contribution in [3.05, 3.63) is 36.5 Å². The molecule has 18 heavy (non-hydrogen) atoms. The fraction of sp³-hybridized carbons (Fsp3) is 0. The molecule has 0 unspecified atom stereocenters. The molecular formula is C11H11N7. The normalized spacial score (nSPS) is 10.7. The number of nitrogen functional groups attached to an aromatic ring is 2. The first-order chi connectivity index (χ1) is 8.78. The molecule has 0 amide bonds. The molecule has 90 valence electrons. The number of nitrogens with zero attached hydrogens (tertiary/aromatic N) is 4. The van der Waals surface area contributed by atoms with Gasteiger partial charge < -0.3 is 11.2 Å². The van der Waals surface area contributed by atoms with E-state index in [1.807, 2.05) is 24.3 Å². The maximum absolute atomic E-state index is 5.63. The summed E-state index contributed by atoms with van der Waals surface area (Å²) in [5.41, 5.74) is 9.02. The van der Waals surface area contributed by atoms with Gasteiger partial charge in [-0.1, -0.05) is 18.2 Å². The van der Waals surface area contributed by atoms with E-state index in [1.54, 1.807) is 16.9 Å². The molecule has 0 aliphatic rings. The Labute approximate surface area is 102 Å². The second kappa shape index (κ2) is 3.97. The number of fused-ring (bicyclic) bond motifs is 1. The third-order valence-corrected chi connectivity index (χ3v) is 2.57. The Hall–Kier alpha value is -2.67. The van der Waals surface area contributed by atoms with E-state index in [9.17, 15) is 0 Å². The van der Waals surface area contributed by atoms with Crippen molar-refractivity contribution in [2.75, 3.05) is 11.2 Å². The third-order valence-electron chi connectivity index (χ3n) is 2.57. The summed E-state index contributed by atoms with van der Waals surface area (Å²) in [6.07, 6.45) is 1.77. The summed E-state index contributed by atoms with van der Waals surface area (Å²) in [4.78, 5) is 8.08. The van der Waals surface area contributed by atoms with Crippen LogP contribution in [0, 0.1) is 0 Å². The van der Waals surface area contributed by atoms with Crippen molar-refractivity contribution in [2.45, 2.75) is 0 Å². The van der Waals surface area contributed by atoms with Gasteiger partial charge in [-0.2, -0.15) is 15.1 Å². The van der Waals surface area contributed by atoms with Gasteiger partial charge in [0.1, 0.15) is 5.82 Å². The van der Waals surface area contributed by atoms with Crippen molar-refractivity contribution in [1.29, 1.82) is 0 Å². The molecule has 5 N–H and O–H groups in total. The Bertz CT molecular complexity index is 703. The van der Waals surface area contributed by atoms with Gasteiger partial charge in [0, 0.05) is 11.5 Å². The number of benzene rings is 1. The first-order valence-electron chi connectivity index (χ1n) is 5.32. The Morgan fingerprint density at radius 3 is 2.83 bits per heavy atom. The lowest BCUT2D eigenvalue weighted by Crippen LogP contribution is -2.12. The highest BCUT2D eigenvalue weighted by Crippen LogP contribution is 2.18. The Kier molecular flexibility index (Phi) is 2.31. The minimum Gasteiger partial charge on any atom is -0.368 e. The van der Waals surface area contributed by atoms with Crippen molar-refractivity contribution in [2.24, 2.45) is 5.84 Å². The summed E-state index contributed by atoms with van der Waals surface area (Å²) in [5, 5.41) is 5.31. The van der Waals surface area contributed by atoms with Crippen molar-refractivity contribution in [3.63, 3.8) is 0 Å². The highest BCUT2D eigenvalue weighted by atomic mass is 15.3. The molecule has 3 aromatic rings. The standard InChI is InChI=1S/C11H11N7/c12-11-15-9(17-13)5-10(16-11)18-8-4-2-1-3-7(8)6-14-18/h1-6H,13H2,(H3,12,15,16,17). The van der Waals surface area contributed by atoms with Gasteiger partial charge in [0.25, 0.3) is 0 Å². The van der Waals surface area contributed by atoms with Gasteiger partial charge in [-0.25, -0.2) is 10.5 Å². The van der Waals surface area contributed by atoms with E-state index in [1.165, 1.54) is 0 Å². The van der Waals surface area contributed by atoms with Gasteiger partial charge in [-0.15, -0.1) is 0 Å². The zero-order chi connectivity index (χ0) is 12.5.